The van der Waals surface area contributed by atoms with Gasteiger partial charge in [-0.2, -0.15) is 0 Å². The maximum Gasteiger partial charge on any atom is 0.469 e. The monoisotopic (exact) mass is 155 g/mol. The first-order valence-corrected chi connectivity index (χ1v) is 3.92. The van der Waals surface area contributed by atoms with Gasteiger partial charge in [0.2, 0.25) is 0 Å². The Morgan fingerprint density at radius 1 is 1.78 bits per heavy atom. The number of nitrogens with two attached hydrogens (primary N) is 1. The summed E-state index contributed by atoms with van der Waals surface area (Å²) >= 11 is 0. The molecule has 0 aromatic rings. The molecule has 0 radical (unpaired) electrons. The average Bonchev–Trinajstić information content (AvgIpc) is 1.62. The Hall–Kier alpha value is 0.0700. The third-order valence-corrected chi connectivity index (χ3v) is 1.28. The Morgan fingerprint density at radius 3 is 2.33 bits per heavy atom. The van der Waals surface area contributed by atoms with Gasteiger partial charge in [0.15, 0.2) is 0 Å². The molecule has 56 valence electrons. The molecule has 0 spiro atoms. The summed E-state index contributed by atoms with van der Waals surface area (Å²) in [7, 11) is -4.32. The van der Waals surface area contributed by atoms with Crippen molar-refractivity contribution in [2.45, 2.75) is 13.0 Å². The third-order valence-electron chi connectivity index (χ3n) is 0.649. The summed E-state index contributed by atoms with van der Waals surface area (Å²) < 4.78 is 14.1. The zero-order valence-electron chi connectivity index (χ0n) is 5.02. The van der Waals surface area contributed by atoms with Crippen molar-refractivity contribution in [2.24, 2.45) is 5.73 Å². The number of phosphoric acid groups is 1. The lowest BCUT2D eigenvalue weighted by Crippen LogP contribution is -2.18. The predicted octanol–water partition coefficient (Wildman–Crippen LogP) is -0.557. The molecule has 0 heterocycles. The van der Waals surface area contributed by atoms with Crippen LogP contribution in [0.4, 0.5) is 0 Å². The number of phosphoric ester groups is 1. The second-order valence-corrected chi connectivity index (χ2v) is 2.83. The van der Waals surface area contributed by atoms with Crippen LogP contribution in [0.2, 0.25) is 0 Å². The first kappa shape index (κ1) is 9.07. The highest BCUT2D eigenvalue weighted by Crippen LogP contribution is 2.37. The topological polar surface area (TPSA) is 92.8 Å². The largest absolute Gasteiger partial charge is 0.469 e. The van der Waals surface area contributed by atoms with Crippen molar-refractivity contribution in [2.75, 3.05) is 6.54 Å². The average molecular weight is 155 g/mol. The van der Waals surface area contributed by atoms with Crippen LogP contribution in [-0.4, -0.2) is 22.4 Å². The second kappa shape index (κ2) is 3.29. The Kier molecular flexibility index (Phi) is 3.32. The van der Waals surface area contributed by atoms with Crippen LogP contribution < -0.4 is 5.73 Å². The van der Waals surface area contributed by atoms with E-state index in [0.717, 1.165) is 0 Å². The van der Waals surface area contributed by atoms with E-state index >= 15 is 0 Å². The molecule has 6 heteroatoms. The molecule has 0 rings (SSSR count). The van der Waals surface area contributed by atoms with Gasteiger partial charge in [-0.25, -0.2) is 4.57 Å². The van der Waals surface area contributed by atoms with Crippen molar-refractivity contribution in [3.8, 4) is 0 Å². The van der Waals surface area contributed by atoms with E-state index in [-0.39, 0.29) is 6.54 Å². The highest BCUT2D eigenvalue weighted by molar-refractivity contribution is 7.46. The maximum atomic E-state index is 10.0. The van der Waals surface area contributed by atoms with E-state index in [4.69, 9.17) is 15.5 Å². The summed E-state index contributed by atoms with van der Waals surface area (Å²) in [6, 6.07) is 0. The molecule has 0 aromatic carbocycles. The molecule has 1 atom stereocenters. The van der Waals surface area contributed by atoms with Crippen LogP contribution in [0.25, 0.3) is 0 Å². The molecule has 0 aromatic heterocycles. The van der Waals surface area contributed by atoms with E-state index in [1.165, 1.54) is 6.92 Å². The molecule has 0 amide bonds. The summed E-state index contributed by atoms with van der Waals surface area (Å²) in [5, 5.41) is 0. The predicted molar refractivity (Wildman–Crippen MR) is 31.6 cm³/mol. The minimum atomic E-state index is -4.32. The number of hydrogen-bond donors (Lipinski definition) is 3. The van der Waals surface area contributed by atoms with E-state index in [1.807, 2.05) is 0 Å². The standard InChI is InChI=1S/C3H10NO4P/c1-3(2-4)8-9(5,6)7/h3H,2,4H2,1H3,(H2,5,6,7)/t3-/m1/s1. The fraction of sp³-hybridized carbons (Fsp3) is 1.00. The van der Waals surface area contributed by atoms with Crippen molar-refractivity contribution in [3.63, 3.8) is 0 Å². The molecule has 0 bridgehead atoms. The van der Waals surface area contributed by atoms with Crippen LogP contribution in [0.1, 0.15) is 6.92 Å². The molecule has 9 heavy (non-hydrogen) atoms. The minimum Gasteiger partial charge on any atom is -0.328 e. The van der Waals surface area contributed by atoms with Gasteiger partial charge in [-0.1, -0.05) is 0 Å². The Bertz CT molecular complexity index is 121. The lowest BCUT2D eigenvalue weighted by atomic mass is 10.4. The van der Waals surface area contributed by atoms with Crippen LogP contribution in [-0.2, 0) is 9.09 Å². The van der Waals surface area contributed by atoms with Gasteiger partial charge in [0, 0.05) is 6.54 Å². The number of hydrogen-bond acceptors (Lipinski definition) is 3. The van der Waals surface area contributed by atoms with Crippen LogP contribution in [0, 0.1) is 0 Å². The van der Waals surface area contributed by atoms with Gasteiger partial charge < -0.3 is 15.5 Å². The molecule has 0 aliphatic heterocycles. The van der Waals surface area contributed by atoms with Crippen molar-refractivity contribution in [3.05, 3.63) is 0 Å². The fourth-order valence-corrected chi connectivity index (χ4v) is 0.832. The van der Waals surface area contributed by atoms with Crippen molar-refractivity contribution in [1.82, 2.24) is 0 Å². The maximum absolute atomic E-state index is 10.0. The van der Waals surface area contributed by atoms with Crippen LogP contribution >= 0.6 is 7.82 Å². The van der Waals surface area contributed by atoms with E-state index in [2.05, 4.69) is 4.52 Å². The molecular weight excluding hydrogens is 145 g/mol. The van der Waals surface area contributed by atoms with Gasteiger partial charge in [0.05, 0.1) is 6.10 Å². The van der Waals surface area contributed by atoms with Crippen molar-refractivity contribution >= 4 is 7.82 Å². The highest BCUT2D eigenvalue weighted by Gasteiger charge is 2.16. The molecule has 0 aliphatic carbocycles. The van der Waals surface area contributed by atoms with Gasteiger partial charge in [-0.15, -0.1) is 0 Å². The van der Waals surface area contributed by atoms with E-state index < -0.39 is 13.9 Å². The van der Waals surface area contributed by atoms with Crippen molar-refractivity contribution < 1.29 is 18.9 Å². The molecule has 4 N–H and O–H groups in total. The van der Waals surface area contributed by atoms with Gasteiger partial charge >= 0.3 is 7.82 Å². The van der Waals surface area contributed by atoms with Gasteiger partial charge in [-0.05, 0) is 6.92 Å². The Morgan fingerprint density at radius 2 is 2.22 bits per heavy atom. The molecule has 0 saturated heterocycles. The Balaban J connectivity index is 3.60. The molecule has 0 saturated carbocycles. The van der Waals surface area contributed by atoms with Gasteiger partial charge in [0.1, 0.15) is 0 Å². The van der Waals surface area contributed by atoms with E-state index in [1.54, 1.807) is 0 Å². The third kappa shape index (κ3) is 5.95. The molecule has 0 unspecified atom stereocenters. The van der Waals surface area contributed by atoms with E-state index in [0.29, 0.717) is 0 Å². The van der Waals surface area contributed by atoms with Crippen LogP contribution in [0.15, 0.2) is 0 Å². The summed E-state index contributed by atoms with van der Waals surface area (Å²) in [6.45, 7) is 1.59. The fourth-order valence-electron chi connectivity index (χ4n) is 0.277. The lowest BCUT2D eigenvalue weighted by Gasteiger charge is -2.09. The normalized spacial score (nSPS) is 15.6. The van der Waals surface area contributed by atoms with Crippen LogP contribution in [0.5, 0.6) is 0 Å². The summed E-state index contributed by atoms with van der Waals surface area (Å²) in [6.07, 6.45) is -0.592. The second-order valence-electron chi connectivity index (χ2n) is 1.64. The smallest absolute Gasteiger partial charge is 0.328 e. The summed E-state index contributed by atoms with van der Waals surface area (Å²) in [5.41, 5.74) is 5.01. The Labute approximate surface area is 53.1 Å². The quantitative estimate of drug-likeness (QED) is 0.475. The zero-order valence-corrected chi connectivity index (χ0v) is 5.91. The highest BCUT2D eigenvalue weighted by atomic mass is 31.2. The summed E-state index contributed by atoms with van der Waals surface area (Å²) in [4.78, 5) is 16.3. The van der Waals surface area contributed by atoms with Crippen LogP contribution in [0.3, 0.4) is 0 Å². The van der Waals surface area contributed by atoms with E-state index in [9.17, 15) is 4.57 Å². The summed E-state index contributed by atoms with van der Waals surface area (Å²) in [5.74, 6) is 0. The van der Waals surface area contributed by atoms with Gasteiger partial charge in [-0.3, -0.25) is 4.52 Å². The van der Waals surface area contributed by atoms with Crippen molar-refractivity contribution in [1.29, 1.82) is 0 Å². The SMILES string of the molecule is C[C@H](CN)OP(=O)(O)O. The number of rotatable bonds is 3. The molecule has 0 fully saturated rings. The minimum absolute atomic E-state index is 0.102. The van der Waals surface area contributed by atoms with Gasteiger partial charge in [0.25, 0.3) is 0 Å². The lowest BCUT2D eigenvalue weighted by molar-refractivity contribution is 0.149. The first-order chi connectivity index (χ1) is 3.95. The molecular formula is C3H10NO4P. The molecule has 5 nitrogen and oxygen atoms in total. The molecule has 0 aliphatic rings. The first-order valence-electron chi connectivity index (χ1n) is 2.39. The zero-order chi connectivity index (χ0) is 7.49.